The number of hydrogen-bond acceptors (Lipinski definition) is 3. The van der Waals surface area contributed by atoms with Crippen molar-refractivity contribution in [1.29, 1.82) is 0 Å². The Labute approximate surface area is 117 Å². The first kappa shape index (κ1) is 13.2. The van der Waals surface area contributed by atoms with E-state index in [1.54, 1.807) is 26.8 Å². The molecule has 1 N–H and O–H groups in total. The minimum Gasteiger partial charge on any atom is -0.489 e. The smallest absolute Gasteiger partial charge is 0.407 e. The van der Waals surface area contributed by atoms with Gasteiger partial charge >= 0.3 is 6.09 Å². The molecule has 20 heavy (non-hydrogen) atoms. The highest BCUT2D eigenvalue weighted by molar-refractivity contribution is 5.68. The Balaban J connectivity index is 1.72. The molecular formula is C15H18FNO3. The number of ether oxygens (including phenoxy) is 2. The monoisotopic (exact) mass is 279 g/mol. The molecule has 0 spiro atoms. The predicted molar refractivity (Wildman–Crippen MR) is 71.2 cm³/mol. The molecule has 1 heterocycles. The lowest BCUT2D eigenvalue weighted by Crippen LogP contribution is -2.32. The molecule has 1 saturated carbocycles. The minimum atomic E-state index is -0.564. The van der Waals surface area contributed by atoms with Gasteiger partial charge in [0.2, 0.25) is 0 Å². The molecule has 0 bridgehead atoms. The Morgan fingerprint density at radius 3 is 2.95 bits per heavy atom. The molecule has 108 valence electrons. The summed E-state index contributed by atoms with van der Waals surface area (Å²) in [5.41, 5.74) is 0.857. The van der Waals surface area contributed by atoms with Gasteiger partial charge in [-0.2, -0.15) is 0 Å². The van der Waals surface area contributed by atoms with Crippen molar-refractivity contribution in [3.63, 3.8) is 0 Å². The second-order valence-electron chi connectivity index (χ2n) is 6.29. The van der Waals surface area contributed by atoms with Crippen LogP contribution in [0.2, 0.25) is 0 Å². The van der Waals surface area contributed by atoms with Gasteiger partial charge in [-0.25, -0.2) is 9.18 Å². The third kappa shape index (κ3) is 2.44. The van der Waals surface area contributed by atoms with Crippen molar-refractivity contribution in [3.8, 4) is 5.75 Å². The lowest BCUT2D eigenvalue weighted by Gasteiger charge is -2.20. The fourth-order valence-corrected chi connectivity index (χ4v) is 2.55. The van der Waals surface area contributed by atoms with E-state index in [1.807, 2.05) is 0 Å². The summed E-state index contributed by atoms with van der Waals surface area (Å²) in [6, 6.07) is 3.05. The van der Waals surface area contributed by atoms with Gasteiger partial charge < -0.3 is 14.8 Å². The van der Waals surface area contributed by atoms with Gasteiger partial charge in [0, 0.05) is 23.6 Å². The highest BCUT2D eigenvalue weighted by Crippen LogP contribution is 2.55. The van der Waals surface area contributed by atoms with Crippen molar-refractivity contribution in [2.24, 2.45) is 0 Å². The van der Waals surface area contributed by atoms with E-state index in [0.29, 0.717) is 5.56 Å². The SMILES string of the molecule is CC(C)(C)OC(=O)NCc1c(F)ccc2c1[C@H]1CC1O2. The van der Waals surface area contributed by atoms with E-state index in [4.69, 9.17) is 9.47 Å². The number of carbonyl (C=O) groups excluding carboxylic acids is 1. The molecule has 1 amide bonds. The van der Waals surface area contributed by atoms with E-state index in [2.05, 4.69) is 5.32 Å². The molecular weight excluding hydrogens is 261 g/mol. The van der Waals surface area contributed by atoms with Crippen molar-refractivity contribution in [2.75, 3.05) is 0 Å². The van der Waals surface area contributed by atoms with Crippen molar-refractivity contribution < 1.29 is 18.7 Å². The zero-order valence-corrected chi connectivity index (χ0v) is 11.8. The van der Waals surface area contributed by atoms with Crippen molar-refractivity contribution in [3.05, 3.63) is 29.1 Å². The second-order valence-corrected chi connectivity index (χ2v) is 6.29. The van der Waals surface area contributed by atoms with E-state index in [0.717, 1.165) is 17.7 Å². The van der Waals surface area contributed by atoms with Crippen LogP contribution in [0.15, 0.2) is 12.1 Å². The van der Waals surface area contributed by atoms with Gasteiger partial charge in [-0.15, -0.1) is 0 Å². The van der Waals surface area contributed by atoms with Gasteiger partial charge in [0.25, 0.3) is 0 Å². The fraction of sp³-hybridized carbons (Fsp3) is 0.533. The van der Waals surface area contributed by atoms with Crippen LogP contribution in [0.25, 0.3) is 0 Å². The van der Waals surface area contributed by atoms with Crippen LogP contribution in [0.3, 0.4) is 0 Å². The summed E-state index contributed by atoms with van der Waals surface area (Å²) in [7, 11) is 0. The molecule has 0 radical (unpaired) electrons. The third-order valence-electron chi connectivity index (χ3n) is 3.45. The number of rotatable bonds is 2. The first-order valence-corrected chi connectivity index (χ1v) is 6.80. The van der Waals surface area contributed by atoms with E-state index in [9.17, 15) is 9.18 Å². The molecule has 5 heteroatoms. The summed E-state index contributed by atoms with van der Waals surface area (Å²) in [5, 5.41) is 2.61. The number of benzene rings is 1. The maximum Gasteiger partial charge on any atom is 0.407 e. The summed E-state index contributed by atoms with van der Waals surface area (Å²) in [4.78, 5) is 11.6. The molecule has 1 fully saturated rings. The van der Waals surface area contributed by atoms with E-state index < -0.39 is 11.7 Å². The molecule has 2 atom stereocenters. The number of carbonyl (C=O) groups is 1. The second kappa shape index (κ2) is 4.36. The number of hydrogen-bond donors (Lipinski definition) is 1. The Morgan fingerprint density at radius 2 is 2.25 bits per heavy atom. The summed E-state index contributed by atoms with van der Waals surface area (Å²) in [6.07, 6.45) is 0.600. The van der Waals surface area contributed by atoms with E-state index in [-0.39, 0.29) is 24.4 Å². The number of fused-ring (bicyclic) bond motifs is 3. The number of halogens is 1. The lowest BCUT2D eigenvalue weighted by atomic mass is 10.0. The molecule has 4 nitrogen and oxygen atoms in total. The van der Waals surface area contributed by atoms with Crippen molar-refractivity contribution >= 4 is 6.09 Å². The van der Waals surface area contributed by atoms with Crippen LogP contribution >= 0.6 is 0 Å². The molecule has 1 unspecified atom stereocenters. The van der Waals surface area contributed by atoms with Crippen LogP contribution in [-0.2, 0) is 11.3 Å². The lowest BCUT2D eigenvalue weighted by molar-refractivity contribution is 0.0523. The van der Waals surface area contributed by atoms with Crippen LogP contribution in [0, 0.1) is 5.82 Å². The molecule has 1 aromatic carbocycles. The van der Waals surface area contributed by atoms with Crippen LogP contribution < -0.4 is 10.1 Å². The fourth-order valence-electron chi connectivity index (χ4n) is 2.55. The Kier molecular flexibility index (Phi) is 2.88. The van der Waals surface area contributed by atoms with E-state index >= 15 is 0 Å². The standard InChI is InChI=1S/C15H18FNO3/c1-15(2,3)20-14(18)17-7-9-10(16)4-5-11-13(9)8-6-12(8)19-11/h4-5,8,12H,6-7H2,1-3H3,(H,17,18)/t8-,12?/m0/s1. The summed E-state index contributed by atoms with van der Waals surface area (Å²) < 4.78 is 24.8. The van der Waals surface area contributed by atoms with Gasteiger partial charge in [-0.3, -0.25) is 0 Å². The Hall–Kier alpha value is -1.78. The normalized spacial score (nSPS) is 22.6. The number of alkyl carbamates (subject to hydrolysis) is 1. The van der Waals surface area contributed by atoms with Crippen molar-refractivity contribution in [1.82, 2.24) is 5.32 Å². The average Bonchev–Trinajstić information content (AvgIpc) is 2.99. The predicted octanol–water partition coefficient (Wildman–Crippen LogP) is 3.10. The van der Waals surface area contributed by atoms with Gasteiger partial charge in [0.15, 0.2) is 0 Å². The maximum atomic E-state index is 14.0. The molecule has 3 rings (SSSR count). The molecule has 2 aliphatic rings. The van der Waals surface area contributed by atoms with Gasteiger partial charge in [-0.1, -0.05) is 0 Å². The zero-order chi connectivity index (χ0) is 14.5. The van der Waals surface area contributed by atoms with Crippen LogP contribution in [0.5, 0.6) is 5.75 Å². The maximum absolute atomic E-state index is 14.0. The highest BCUT2D eigenvalue weighted by atomic mass is 19.1. The summed E-state index contributed by atoms with van der Waals surface area (Å²) >= 11 is 0. The minimum absolute atomic E-state index is 0.122. The highest BCUT2D eigenvalue weighted by Gasteiger charge is 2.49. The van der Waals surface area contributed by atoms with Crippen molar-refractivity contribution in [2.45, 2.75) is 51.4 Å². The Morgan fingerprint density at radius 1 is 1.50 bits per heavy atom. The van der Waals surface area contributed by atoms with Gasteiger partial charge in [0.1, 0.15) is 23.3 Å². The zero-order valence-electron chi connectivity index (χ0n) is 11.8. The van der Waals surface area contributed by atoms with Gasteiger partial charge in [-0.05, 0) is 39.3 Å². The molecule has 1 aliphatic heterocycles. The summed E-state index contributed by atoms with van der Waals surface area (Å²) in [6.45, 7) is 5.48. The third-order valence-corrected chi connectivity index (χ3v) is 3.45. The van der Waals surface area contributed by atoms with Crippen LogP contribution in [-0.4, -0.2) is 17.8 Å². The summed E-state index contributed by atoms with van der Waals surface area (Å²) in [5.74, 6) is 0.723. The van der Waals surface area contributed by atoms with Crippen LogP contribution in [0.4, 0.5) is 9.18 Å². The van der Waals surface area contributed by atoms with Crippen LogP contribution in [0.1, 0.15) is 44.2 Å². The first-order chi connectivity index (χ1) is 9.35. The molecule has 1 aromatic rings. The van der Waals surface area contributed by atoms with Gasteiger partial charge in [0.05, 0.1) is 0 Å². The molecule has 1 aliphatic carbocycles. The quantitative estimate of drug-likeness (QED) is 0.905. The number of amides is 1. The Bertz CT molecular complexity index is 565. The molecule has 0 saturated heterocycles. The first-order valence-electron chi connectivity index (χ1n) is 6.80. The average molecular weight is 279 g/mol. The molecule has 0 aromatic heterocycles. The number of nitrogens with one attached hydrogen (secondary N) is 1. The van der Waals surface area contributed by atoms with E-state index in [1.165, 1.54) is 6.07 Å². The topological polar surface area (TPSA) is 47.6 Å². The largest absolute Gasteiger partial charge is 0.489 e.